The number of nitrogens with zero attached hydrogens (tertiary/aromatic N) is 2. The number of benzene rings is 1. The minimum atomic E-state index is -0.196. The maximum absolute atomic E-state index is 11.6. The number of ether oxygens (including phenoxy) is 1. The topological polar surface area (TPSA) is 79.9 Å². The average Bonchev–Trinajstić information content (AvgIpc) is 2.96. The third-order valence-electron chi connectivity index (χ3n) is 2.59. The molecule has 0 spiro atoms. The van der Waals surface area contributed by atoms with Gasteiger partial charge < -0.3 is 10.1 Å². The number of nitrogens with one attached hydrogen (secondary N) is 2. The lowest BCUT2D eigenvalue weighted by Crippen LogP contribution is -2.28. The first-order chi connectivity index (χ1) is 9.28. The lowest BCUT2D eigenvalue weighted by molar-refractivity contribution is -0.123. The Kier molecular flexibility index (Phi) is 4.49. The zero-order valence-corrected chi connectivity index (χ0v) is 10.7. The predicted molar refractivity (Wildman–Crippen MR) is 69.5 cm³/mol. The van der Waals surface area contributed by atoms with Crippen LogP contribution in [-0.2, 0) is 17.8 Å². The lowest BCUT2D eigenvalue weighted by Gasteiger charge is -2.07. The normalized spacial score (nSPS) is 10.2. The van der Waals surface area contributed by atoms with Crippen LogP contribution in [0.25, 0.3) is 0 Å². The van der Waals surface area contributed by atoms with Crippen molar-refractivity contribution in [3.8, 4) is 5.75 Å². The third kappa shape index (κ3) is 4.09. The van der Waals surface area contributed by atoms with E-state index in [0.717, 1.165) is 6.42 Å². The van der Waals surface area contributed by atoms with Gasteiger partial charge in [-0.15, -0.1) is 0 Å². The Morgan fingerprint density at radius 3 is 3.11 bits per heavy atom. The predicted octanol–water partition coefficient (Wildman–Crippen LogP) is 1.06. The van der Waals surface area contributed by atoms with E-state index in [2.05, 4.69) is 27.4 Å². The van der Waals surface area contributed by atoms with Gasteiger partial charge in [-0.1, -0.05) is 19.1 Å². The van der Waals surface area contributed by atoms with Crippen LogP contribution >= 0.6 is 0 Å². The fraction of sp³-hybridized carbons (Fsp3) is 0.308. The first-order valence-corrected chi connectivity index (χ1v) is 6.10. The first-order valence-electron chi connectivity index (χ1n) is 6.10. The van der Waals surface area contributed by atoms with Crippen LogP contribution in [0.15, 0.2) is 30.6 Å². The Bertz CT molecular complexity index is 525. The van der Waals surface area contributed by atoms with E-state index in [-0.39, 0.29) is 12.5 Å². The molecule has 0 saturated carbocycles. The van der Waals surface area contributed by atoms with Gasteiger partial charge in [-0.3, -0.25) is 9.89 Å². The highest BCUT2D eigenvalue weighted by Gasteiger charge is 2.04. The molecule has 100 valence electrons. The van der Waals surface area contributed by atoms with Crippen LogP contribution in [0, 0.1) is 0 Å². The third-order valence-corrected chi connectivity index (χ3v) is 2.59. The lowest BCUT2D eigenvalue weighted by atomic mass is 10.2. The van der Waals surface area contributed by atoms with Crippen molar-refractivity contribution in [3.05, 3.63) is 42.0 Å². The van der Waals surface area contributed by atoms with Crippen molar-refractivity contribution in [3.63, 3.8) is 0 Å². The minimum absolute atomic E-state index is 0.0126. The molecule has 1 amide bonds. The molecule has 0 aliphatic rings. The maximum atomic E-state index is 11.6. The van der Waals surface area contributed by atoms with E-state index in [0.29, 0.717) is 18.1 Å². The Labute approximate surface area is 111 Å². The molecule has 0 bridgehead atoms. The largest absolute Gasteiger partial charge is 0.484 e. The molecule has 2 rings (SSSR count). The average molecular weight is 260 g/mol. The van der Waals surface area contributed by atoms with Crippen molar-refractivity contribution >= 4 is 5.91 Å². The molecule has 0 aliphatic heterocycles. The Morgan fingerprint density at radius 2 is 2.37 bits per heavy atom. The molecule has 0 saturated heterocycles. The number of aromatic amines is 1. The van der Waals surface area contributed by atoms with Crippen LogP contribution in [-0.4, -0.2) is 27.7 Å². The first kappa shape index (κ1) is 13.1. The standard InChI is InChI=1S/C13H16N4O2/c1-2-10-4-3-5-11(6-10)19-8-13(18)14-7-12-15-9-16-17-12/h3-6,9H,2,7-8H2,1H3,(H,14,18)(H,15,16,17). The van der Waals surface area contributed by atoms with Gasteiger partial charge in [0.2, 0.25) is 0 Å². The van der Waals surface area contributed by atoms with Crippen LogP contribution in [0.2, 0.25) is 0 Å². The summed E-state index contributed by atoms with van der Waals surface area (Å²) in [4.78, 5) is 15.5. The number of aromatic nitrogens is 3. The van der Waals surface area contributed by atoms with Crippen LogP contribution in [0.4, 0.5) is 0 Å². The quantitative estimate of drug-likeness (QED) is 0.814. The summed E-state index contributed by atoms with van der Waals surface area (Å²) in [5.74, 6) is 1.12. The van der Waals surface area contributed by atoms with Gasteiger partial charge >= 0.3 is 0 Å². The molecule has 1 aromatic carbocycles. The van der Waals surface area contributed by atoms with Crippen LogP contribution < -0.4 is 10.1 Å². The highest BCUT2D eigenvalue weighted by atomic mass is 16.5. The van der Waals surface area contributed by atoms with E-state index in [1.165, 1.54) is 11.9 Å². The maximum Gasteiger partial charge on any atom is 0.258 e. The number of rotatable bonds is 6. The number of carbonyl (C=O) groups is 1. The second kappa shape index (κ2) is 6.53. The summed E-state index contributed by atoms with van der Waals surface area (Å²) in [5, 5.41) is 9.05. The Hall–Kier alpha value is -2.37. The molecule has 6 heteroatoms. The van der Waals surface area contributed by atoms with E-state index in [1.807, 2.05) is 24.3 Å². The van der Waals surface area contributed by atoms with E-state index >= 15 is 0 Å². The fourth-order valence-corrected chi connectivity index (χ4v) is 1.55. The number of H-pyrrole nitrogens is 1. The van der Waals surface area contributed by atoms with Crippen molar-refractivity contribution in [1.82, 2.24) is 20.5 Å². The van der Waals surface area contributed by atoms with Gasteiger partial charge in [-0.2, -0.15) is 5.10 Å². The molecular formula is C13H16N4O2. The summed E-state index contributed by atoms with van der Waals surface area (Å²) in [6.07, 6.45) is 2.34. The van der Waals surface area contributed by atoms with Gasteiger partial charge in [0.1, 0.15) is 17.9 Å². The molecule has 0 radical (unpaired) electrons. The molecule has 0 atom stereocenters. The summed E-state index contributed by atoms with van der Waals surface area (Å²) in [6, 6.07) is 7.71. The van der Waals surface area contributed by atoms with Crippen LogP contribution in [0.3, 0.4) is 0 Å². The molecule has 6 nitrogen and oxygen atoms in total. The minimum Gasteiger partial charge on any atom is -0.484 e. The summed E-state index contributed by atoms with van der Waals surface area (Å²) >= 11 is 0. The number of hydrogen-bond donors (Lipinski definition) is 2. The van der Waals surface area contributed by atoms with Crippen LogP contribution in [0.1, 0.15) is 18.3 Å². The molecular weight excluding hydrogens is 244 g/mol. The molecule has 19 heavy (non-hydrogen) atoms. The van der Waals surface area contributed by atoms with Gasteiger partial charge in [0.05, 0.1) is 6.54 Å². The van der Waals surface area contributed by atoms with Crippen molar-refractivity contribution in [2.24, 2.45) is 0 Å². The summed E-state index contributed by atoms with van der Waals surface area (Å²) < 4.78 is 5.42. The molecule has 0 unspecified atom stereocenters. The molecule has 1 heterocycles. The van der Waals surface area contributed by atoms with Crippen molar-refractivity contribution < 1.29 is 9.53 Å². The molecule has 2 N–H and O–H groups in total. The van der Waals surface area contributed by atoms with Crippen molar-refractivity contribution in [1.29, 1.82) is 0 Å². The molecule has 1 aromatic heterocycles. The number of carbonyl (C=O) groups excluding carboxylic acids is 1. The highest BCUT2D eigenvalue weighted by Crippen LogP contribution is 2.13. The van der Waals surface area contributed by atoms with E-state index < -0.39 is 0 Å². The smallest absolute Gasteiger partial charge is 0.258 e. The number of amides is 1. The molecule has 0 aliphatic carbocycles. The summed E-state index contributed by atoms with van der Waals surface area (Å²) in [6.45, 7) is 2.38. The Morgan fingerprint density at radius 1 is 1.47 bits per heavy atom. The van der Waals surface area contributed by atoms with Gasteiger partial charge in [0, 0.05) is 0 Å². The summed E-state index contributed by atoms with van der Waals surface area (Å²) in [5.41, 5.74) is 1.18. The highest BCUT2D eigenvalue weighted by molar-refractivity contribution is 5.77. The SMILES string of the molecule is CCc1cccc(OCC(=O)NCc2ncn[nH]2)c1. The fourth-order valence-electron chi connectivity index (χ4n) is 1.55. The van der Waals surface area contributed by atoms with E-state index in [1.54, 1.807) is 0 Å². The van der Waals surface area contributed by atoms with E-state index in [9.17, 15) is 4.79 Å². The van der Waals surface area contributed by atoms with Gasteiger partial charge in [-0.25, -0.2) is 4.98 Å². The monoisotopic (exact) mass is 260 g/mol. The van der Waals surface area contributed by atoms with Gasteiger partial charge in [-0.05, 0) is 24.1 Å². The number of hydrogen-bond acceptors (Lipinski definition) is 4. The van der Waals surface area contributed by atoms with E-state index in [4.69, 9.17) is 4.74 Å². The summed E-state index contributed by atoms with van der Waals surface area (Å²) in [7, 11) is 0. The molecule has 2 aromatic rings. The van der Waals surface area contributed by atoms with Crippen molar-refractivity contribution in [2.45, 2.75) is 19.9 Å². The van der Waals surface area contributed by atoms with Crippen LogP contribution in [0.5, 0.6) is 5.75 Å². The van der Waals surface area contributed by atoms with Crippen molar-refractivity contribution in [2.75, 3.05) is 6.61 Å². The van der Waals surface area contributed by atoms with Gasteiger partial charge in [0.25, 0.3) is 5.91 Å². The molecule has 0 fully saturated rings. The second-order valence-electron chi connectivity index (χ2n) is 4.00. The van der Waals surface area contributed by atoms with Gasteiger partial charge in [0.15, 0.2) is 6.61 Å². The zero-order chi connectivity index (χ0) is 13.5. The second-order valence-corrected chi connectivity index (χ2v) is 4.00. The number of aryl methyl sites for hydroxylation is 1. The zero-order valence-electron chi connectivity index (χ0n) is 10.7. The Balaban J connectivity index is 1.76.